The molecule has 1 saturated carbocycles. The van der Waals surface area contributed by atoms with Crippen LogP contribution in [0.2, 0.25) is 0 Å². The van der Waals surface area contributed by atoms with Gasteiger partial charge in [0, 0.05) is 34.8 Å². The highest BCUT2D eigenvalue weighted by Gasteiger charge is 2.45. The van der Waals surface area contributed by atoms with Gasteiger partial charge in [-0.25, -0.2) is 9.97 Å². The third kappa shape index (κ3) is 3.44. The van der Waals surface area contributed by atoms with E-state index in [0.717, 1.165) is 17.3 Å². The lowest BCUT2D eigenvalue weighted by atomic mass is 10.0. The van der Waals surface area contributed by atoms with Gasteiger partial charge < -0.3 is 15.0 Å². The van der Waals surface area contributed by atoms with Crippen molar-refractivity contribution in [1.29, 1.82) is 0 Å². The molecule has 5 rings (SSSR count). The number of rotatable bonds is 4. The highest BCUT2D eigenvalue weighted by Crippen LogP contribution is 2.45. The van der Waals surface area contributed by atoms with Gasteiger partial charge in [-0.15, -0.1) is 11.8 Å². The van der Waals surface area contributed by atoms with Crippen molar-refractivity contribution in [3.05, 3.63) is 49.3 Å². The van der Waals surface area contributed by atoms with Gasteiger partial charge in [-0.1, -0.05) is 0 Å². The Labute approximate surface area is 162 Å². The number of piperidine rings is 1. The van der Waals surface area contributed by atoms with E-state index in [9.17, 15) is 5.11 Å². The molecule has 1 spiro atoms. The maximum atomic E-state index is 10.4. The third-order valence-electron chi connectivity index (χ3n) is 5.41. The lowest BCUT2D eigenvalue weighted by Gasteiger charge is -2.29. The number of hydrogen-bond acceptors (Lipinski definition) is 6. The first-order valence-corrected chi connectivity index (χ1v) is 10.1. The highest BCUT2D eigenvalue weighted by molar-refractivity contribution is 7.99. The van der Waals surface area contributed by atoms with Crippen molar-refractivity contribution < 1.29 is 5.11 Å². The standard InChI is InChI=1S/C20H21N5OS/c26-18-9-14(25-8-7-21-13-25)1-2-16(18)17-11-23-19(12-22-17)27-15-3-6-24-20(10-15)4-5-20/h1-2,7-9,11-13,15,24,26H,3-6,10H2/t15-/m0/s1. The molecule has 138 valence electrons. The third-order valence-corrected chi connectivity index (χ3v) is 6.60. The Morgan fingerprint density at radius 1 is 1.22 bits per heavy atom. The molecule has 2 aliphatic rings. The molecular formula is C20H21N5OS. The molecule has 1 aliphatic heterocycles. The molecule has 0 bridgehead atoms. The van der Waals surface area contributed by atoms with Crippen LogP contribution in [-0.2, 0) is 0 Å². The van der Waals surface area contributed by atoms with Crippen LogP contribution in [-0.4, -0.2) is 42.0 Å². The summed E-state index contributed by atoms with van der Waals surface area (Å²) in [7, 11) is 0. The summed E-state index contributed by atoms with van der Waals surface area (Å²) in [6.07, 6.45) is 13.8. The number of phenolic OH excluding ortho intramolecular Hbond substituents is 1. The van der Waals surface area contributed by atoms with Crippen molar-refractivity contribution in [1.82, 2.24) is 24.8 Å². The Bertz CT molecular complexity index is 938. The van der Waals surface area contributed by atoms with E-state index >= 15 is 0 Å². The molecule has 0 amide bonds. The predicted molar refractivity (Wildman–Crippen MR) is 105 cm³/mol. The van der Waals surface area contributed by atoms with Crippen LogP contribution < -0.4 is 5.32 Å². The van der Waals surface area contributed by atoms with Crippen LogP contribution >= 0.6 is 11.8 Å². The molecule has 1 aromatic carbocycles. The van der Waals surface area contributed by atoms with E-state index in [1.54, 1.807) is 24.8 Å². The molecule has 0 unspecified atom stereocenters. The topological polar surface area (TPSA) is 75.9 Å². The molecule has 3 heterocycles. The number of aromatic nitrogens is 4. The second-order valence-corrected chi connectivity index (χ2v) is 8.67. The minimum Gasteiger partial charge on any atom is -0.507 e. The number of nitrogens with one attached hydrogen (secondary N) is 1. The normalized spacial score (nSPS) is 20.7. The average Bonchev–Trinajstić information content (AvgIpc) is 3.20. The summed E-state index contributed by atoms with van der Waals surface area (Å²) in [6.45, 7) is 1.10. The molecule has 0 radical (unpaired) electrons. The van der Waals surface area contributed by atoms with Gasteiger partial charge in [0.05, 0.1) is 30.1 Å². The van der Waals surface area contributed by atoms with E-state index in [-0.39, 0.29) is 5.75 Å². The van der Waals surface area contributed by atoms with Crippen molar-refractivity contribution in [2.45, 2.75) is 41.5 Å². The smallest absolute Gasteiger partial charge is 0.127 e. The number of phenols is 1. The largest absolute Gasteiger partial charge is 0.507 e. The molecule has 2 aromatic heterocycles. The summed E-state index contributed by atoms with van der Waals surface area (Å²) in [5.41, 5.74) is 2.64. The van der Waals surface area contributed by atoms with Gasteiger partial charge in [-0.2, -0.15) is 0 Å². The fourth-order valence-electron chi connectivity index (χ4n) is 3.74. The summed E-state index contributed by atoms with van der Waals surface area (Å²) in [5, 5.41) is 15.6. The maximum Gasteiger partial charge on any atom is 0.127 e. The fraction of sp³-hybridized carbons (Fsp3) is 0.350. The minimum atomic E-state index is 0.185. The first kappa shape index (κ1) is 16.8. The van der Waals surface area contributed by atoms with Crippen molar-refractivity contribution in [2.24, 2.45) is 0 Å². The molecular weight excluding hydrogens is 358 g/mol. The molecule has 3 aromatic rings. The summed E-state index contributed by atoms with van der Waals surface area (Å²) in [5.74, 6) is 0.185. The van der Waals surface area contributed by atoms with Gasteiger partial charge in [0.15, 0.2) is 0 Å². The SMILES string of the molecule is Oc1cc(-n2ccnc2)ccc1-c1cnc(S[C@H]2CCNC3(CC3)C2)cn1. The summed E-state index contributed by atoms with van der Waals surface area (Å²) in [6, 6.07) is 5.52. The van der Waals surface area contributed by atoms with Crippen LogP contribution in [0, 0.1) is 0 Å². The second-order valence-electron chi connectivity index (χ2n) is 7.35. The van der Waals surface area contributed by atoms with E-state index in [1.807, 2.05) is 40.9 Å². The quantitative estimate of drug-likeness (QED) is 0.723. The van der Waals surface area contributed by atoms with Gasteiger partial charge >= 0.3 is 0 Å². The van der Waals surface area contributed by atoms with Gasteiger partial charge in [-0.3, -0.25) is 4.98 Å². The van der Waals surface area contributed by atoms with E-state index in [1.165, 1.54) is 25.7 Å². The monoisotopic (exact) mass is 379 g/mol. The Morgan fingerprint density at radius 3 is 2.85 bits per heavy atom. The molecule has 1 atom stereocenters. The predicted octanol–water partition coefficient (Wildman–Crippen LogP) is 3.41. The van der Waals surface area contributed by atoms with E-state index in [0.29, 0.717) is 22.0 Å². The zero-order valence-electron chi connectivity index (χ0n) is 14.9. The number of nitrogens with zero attached hydrogens (tertiary/aromatic N) is 4. The van der Waals surface area contributed by atoms with Crippen molar-refractivity contribution >= 4 is 11.8 Å². The molecule has 1 aliphatic carbocycles. The van der Waals surface area contributed by atoms with Crippen LogP contribution in [0.15, 0.2) is 54.3 Å². The van der Waals surface area contributed by atoms with Crippen molar-refractivity contribution in [3.63, 3.8) is 0 Å². The van der Waals surface area contributed by atoms with Crippen molar-refractivity contribution in [3.8, 4) is 22.7 Å². The molecule has 7 heteroatoms. The van der Waals surface area contributed by atoms with Crippen molar-refractivity contribution in [2.75, 3.05) is 6.54 Å². The van der Waals surface area contributed by atoms with Gasteiger partial charge in [0.25, 0.3) is 0 Å². The zero-order valence-corrected chi connectivity index (χ0v) is 15.7. The fourth-order valence-corrected chi connectivity index (χ4v) is 4.94. The van der Waals surface area contributed by atoms with Crippen LogP contribution in [0.25, 0.3) is 16.9 Å². The molecule has 2 fully saturated rings. The summed E-state index contributed by atoms with van der Waals surface area (Å²) in [4.78, 5) is 13.2. The lowest BCUT2D eigenvalue weighted by molar-refractivity contribution is 0.393. The first-order valence-electron chi connectivity index (χ1n) is 9.26. The Balaban J connectivity index is 1.31. The highest BCUT2D eigenvalue weighted by atomic mass is 32.2. The van der Waals surface area contributed by atoms with Crippen LogP contribution in [0.4, 0.5) is 0 Å². The van der Waals surface area contributed by atoms with Crippen LogP contribution in [0.5, 0.6) is 5.75 Å². The number of hydrogen-bond donors (Lipinski definition) is 2. The summed E-state index contributed by atoms with van der Waals surface area (Å²) >= 11 is 1.83. The lowest BCUT2D eigenvalue weighted by Crippen LogP contribution is -2.41. The Morgan fingerprint density at radius 2 is 2.15 bits per heavy atom. The zero-order chi connectivity index (χ0) is 18.3. The van der Waals surface area contributed by atoms with E-state index < -0.39 is 0 Å². The van der Waals surface area contributed by atoms with Gasteiger partial charge in [0.1, 0.15) is 10.8 Å². The van der Waals surface area contributed by atoms with Crippen LogP contribution in [0.1, 0.15) is 25.7 Å². The maximum absolute atomic E-state index is 10.4. The summed E-state index contributed by atoms with van der Waals surface area (Å²) < 4.78 is 1.85. The molecule has 6 nitrogen and oxygen atoms in total. The Kier molecular flexibility index (Phi) is 4.13. The van der Waals surface area contributed by atoms with E-state index in [2.05, 4.69) is 20.3 Å². The number of thioether (sulfide) groups is 1. The van der Waals surface area contributed by atoms with E-state index in [4.69, 9.17) is 0 Å². The number of imidazole rings is 1. The molecule has 1 saturated heterocycles. The number of aromatic hydroxyl groups is 1. The Hall–Kier alpha value is -2.38. The van der Waals surface area contributed by atoms with Gasteiger partial charge in [0.2, 0.25) is 0 Å². The molecule has 2 N–H and O–H groups in total. The molecule has 27 heavy (non-hydrogen) atoms. The first-order chi connectivity index (χ1) is 13.2. The average molecular weight is 379 g/mol. The van der Waals surface area contributed by atoms with Gasteiger partial charge in [-0.05, 0) is 44.4 Å². The second kappa shape index (κ2) is 6.65. The number of benzene rings is 1. The minimum absolute atomic E-state index is 0.185. The van der Waals surface area contributed by atoms with Crippen LogP contribution in [0.3, 0.4) is 0 Å².